The summed E-state index contributed by atoms with van der Waals surface area (Å²) < 4.78 is 2.76. The third kappa shape index (κ3) is 3.54. The van der Waals surface area contributed by atoms with Crippen LogP contribution in [0.4, 0.5) is 5.69 Å². The lowest BCUT2D eigenvalue weighted by molar-refractivity contribution is 0.0946. The van der Waals surface area contributed by atoms with Crippen LogP contribution in [0, 0.1) is 12.8 Å². The highest BCUT2D eigenvalue weighted by molar-refractivity contribution is 5.93. The van der Waals surface area contributed by atoms with Crippen molar-refractivity contribution in [2.24, 2.45) is 20.0 Å². The van der Waals surface area contributed by atoms with Crippen molar-refractivity contribution in [2.75, 3.05) is 24.5 Å². The van der Waals surface area contributed by atoms with E-state index in [1.807, 2.05) is 6.92 Å². The molecule has 0 spiro atoms. The van der Waals surface area contributed by atoms with E-state index in [-0.39, 0.29) is 28.5 Å². The zero-order chi connectivity index (χ0) is 18.8. The SMILES string of the molecule is Cc1ccc(C(=O)NC[C@@H]2CCN(c3cnn(C)c(=O)c3)C2)c(=O)n1C. The predicted molar refractivity (Wildman–Crippen MR) is 98.6 cm³/mol. The minimum atomic E-state index is -0.348. The van der Waals surface area contributed by atoms with E-state index < -0.39 is 0 Å². The number of anilines is 1. The molecule has 0 unspecified atom stereocenters. The highest BCUT2D eigenvalue weighted by Gasteiger charge is 2.24. The zero-order valence-electron chi connectivity index (χ0n) is 15.2. The number of nitrogens with one attached hydrogen (secondary N) is 1. The zero-order valence-corrected chi connectivity index (χ0v) is 15.2. The van der Waals surface area contributed by atoms with Gasteiger partial charge in [0.25, 0.3) is 17.0 Å². The maximum absolute atomic E-state index is 12.3. The third-order valence-electron chi connectivity index (χ3n) is 4.96. The van der Waals surface area contributed by atoms with Crippen LogP contribution in [0.2, 0.25) is 0 Å². The van der Waals surface area contributed by atoms with Crippen LogP contribution in [-0.4, -0.2) is 39.9 Å². The molecule has 3 heterocycles. The molecule has 0 bridgehead atoms. The maximum atomic E-state index is 12.3. The van der Waals surface area contributed by atoms with E-state index in [1.54, 1.807) is 38.5 Å². The number of hydrogen-bond donors (Lipinski definition) is 1. The summed E-state index contributed by atoms with van der Waals surface area (Å²) in [5.74, 6) is -0.0865. The van der Waals surface area contributed by atoms with E-state index in [1.165, 1.54) is 9.25 Å². The van der Waals surface area contributed by atoms with Gasteiger partial charge in [-0.2, -0.15) is 5.10 Å². The van der Waals surface area contributed by atoms with Crippen LogP contribution in [0.3, 0.4) is 0 Å². The lowest BCUT2D eigenvalue weighted by Gasteiger charge is -2.18. The van der Waals surface area contributed by atoms with Crippen LogP contribution in [0.5, 0.6) is 0 Å². The summed E-state index contributed by atoms with van der Waals surface area (Å²) in [4.78, 5) is 38.3. The Morgan fingerprint density at radius 2 is 2.08 bits per heavy atom. The first-order valence-electron chi connectivity index (χ1n) is 8.60. The molecule has 8 nitrogen and oxygen atoms in total. The molecule has 1 aliphatic rings. The molecule has 2 aromatic heterocycles. The number of hydrogen-bond acceptors (Lipinski definition) is 5. The van der Waals surface area contributed by atoms with Crippen LogP contribution in [-0.2, 0) is 14.1 Å². The number of carbonyl (C=O) groups is 1. The van der Waals surface area contributed by atoms with Gasteiger partial charge in [-0.3, -0.25) is 14.4 Å². The molecular formula is C18H23N5O3. The van der Waals surface area contributed by atoms with Crippen molar-refractivity contribution >= 4 is 11.6 Å². The molecule has 1 atom stereocenters. The van der Waals surface area contributed by atoms with Gasteiger partial charge in [-0.25, -0.2) is 4.68 Å². The first kappa shape index (κ1) is 17.9. The molecule has 0 saturated carbocycles. The second-order valence-electron chi connectivity index (χ2n) is 6.74. The van der Waals surface area contributed by atoms with Gasteiger partial charge in [-0.05, 0) is 31.4 Å². The summed E-state index contributed by atoms with van der Waals surface area (Å²) in [7, 11) is 3.27. The van der Waals surface area contributed by atoms with Gasteiger partial charge in [0.05, 0.1) is 11.9 Å². The Bertz CT molecular complexity index is 947. The summed E-state index contributed by atoms with van der Waals surface area (Å²) in [6.07, 6.45) is 2.58. The van der Waals surface area contributed by atoms with Crippen molar-refractivity contribution in [3.63, 3.8) is 0 Å². The fourth-order valence-corrected chi connectivity index (χ4v) is 3.10. The minimum Gasteiger partial charge on any atom is -0.370 e. The van der Waals surface area contributed by atoms with Crippen molar-refractivity contribution in [1.29, 1.82) is 0 Å². The van der Waals surface area contributed by atoms with Crippen LogP contribution >= 0.6 is 0 Å². The number of aryl methyl sites for hydroxylation is 2. The molecule has 1 aliphatic heterocycles. The monoisotopic (exact) mass is 357 g/mol. The van der Waals surface area contributed by atoms with Crippen molar-refractivity contribution in [1.82, 2.24) is 19.7 Å². The van der Waals surface area contributed by atoms with E-state index in [2.05, 4.69) is 15.3 Å². The predicted octanol–water partition coefficient (Wildman–Crippen LogP) is 0.0437. The molecule has 138 valence electrons. The normalized spacial score (nSPS) is 16.7. The maximum Gasteiger partial charge on any atom is 0.268 e. The number of pyridine rings is 1. The molecular weight excluding hydrogens is 334 g/mol. The second-order valence-corrected chi connectivity index (χ2v) is 6.74. The van der Waals surface area contributed by atoms with E-state index >= 15 is 0 Å². The van der Waals surface area contributed by atoms with Gasteiger partial charge < -0.3 is 14.8 Å². The van der Waals surface area contributed by atoms with Crippen molar-refractivity contribution < 1.29 is 4.79 Å². The van der Waals surface area contributed by atoms with Crippen LogP contribution in [0.1, 0.15) is 22.5 Å². The Kier molecular flexibility index (Phi) is 4.92. The topological polar surface area (TPSA) is 89.2 Å². The van der Waals surface area contributed by atoms with Crippen LogP contribution in [0.25, 0.3) is 0 Å². The summed E-state index contributed by atoms with van der Waals surface area (Å²) >= 11 is 0. The van der Waals surface area contributed by atoms with Gasteiger partial charge >= 0.3 is 0 Å². The first-order valence-corrected chi connectivity index (χ1v) is 8.60. The minimum absolute atomic E-state index is 0.144. The standard InChI is InChI=1S/C18H23N5O3/c1-12-4-5-15(18(26)21(12)2)17(25)19-9-13-6-7-23(11-13)14-8-16(24)22(3)20-10-14/h4-5,8,10,13H,6-7,9,11H2,1-3H3,(H,19,25)/t13-/m0/s1. The van der Waals surface area contributed by atoms with Crippen LogP contribution in [0.15, 0.2) is 34.0 Å². The van der Waals surface area contributed by atoms with E-state index in [0.29, 0.717) is 6.54 Å². The Hall–Kier alpha value is -2.90. The average molecular weight is 357 g/mol. The molecule has 0 aromatic carbocycles. The summed E-state index contributed by atoms with van der Waals surface area (Å²) in [6, 6.07) is 4.90. The third-order valence-corrected chi connectivity index (χ3v) is 4.96. The molecule has 3 rings (SSSR count). The fraction of sp³-hybridized carbons (Fsp3) is 0.444. The van der Waals surface area contributed by atoms with Crippen molar-refractivity contribution in [2.45, 2.75) is 13.3 Å². The fourth-order valence-electron chi connectivity index (χ4n) is 3.10. The smallest absolute Gasteiger partial charge is 0.268 e. The lowest BCUT2D eigenvalue weighted by atomic mass is 10.1. The highest BCUT2D eigenvalue weighted by atomic mass is 16.2. The Morgan fingerprint density at radius 3 is 2.81 bits per heavy atom. The van der Waals surface area contributed by atoms with Gasteiger partial charge in [-0.15, -0.1) is 0 Å². The molecule has 0 radical (unpaired) electrons. The molecule has 26 heavy (non-hydrogen) atoms. The molecule has 1 amide bonds. The summed E-state index contributed by atoms with van der Waals surface area (Å²) in [6.45, 7) is 3.86. The highest BCUT2D eigenvalue weighted by Crippen LogP contribution is 2.21. The van der Waals surface area contributed by atoms with Gasteiger partial charge in [-0.1, -0.05) is 0 Å². The van der Waals surface area contributed by atoms with E-state index in [0.717, 1.165) is 30.9 Å². The largest absolute Gasteiger partial charge is 0.370 e. The van der Waals surface area contributed by atoms with E-state index in [4.69, 9.17) is 0 Å². The second kappa shape index (κ2) is 7.15. The van der Waals surface area contributed by atoms with E-state index in [9.17, 15) is 14.4 Å². The molecule has 8 heteroatoms. The molecule has 2 aromatic rings. The number of aromatic nitrogens is 3. The summed E-state index contributed by atoms with van der Waals surface area (Å²) in [5.41, 5.74) is 1.33. The lowest BCUT2D eigenvalue weighted by Crippen LogP contribution is -2.36. The number of nitrogens with zero attached hydrogens (tertiary/aromatic N) is 4. The van der Waals surface area contributed by atoms with Crippen molar-refractivity contribution in [3.8, 4) is 0 Å². The Balaban J connectivity index is 1.60. The van der Waals surface area contributed by atoms with Gasteiger partial charge in [0.2, 0.25) is 0 Å². The average Bonchev–Trinajstić information content (AvgIpc) is 3.09. The van der Waals surface area contributed by atoms with Gasteiger partial charge in [0, 0.05) is 45.5 Å². The summed E-state index contributed by atoms with van der Waals surface area (Å²) in [5, 5.41) is 6.90. The molecule has 1 saturated heterocycles. The molecule has 1 N–H and O–H groups in total. The first-order chi connectivity index (χ1) is 12.4. The van der Waals surface area contributed by atoms with Crippen LogP contribution < -0.4 is 21.3 Å². The number of carbonyl (C=O) groups excluding carboxylic acids is 1. The quantitative estimate of drug-likeness (QED) is 0.835. The number of amides is 1. The van der Waals surface area contributed by atoms with Gasteiger partial charge in [0.1, 0.15) is 5.56 Å². The Labute approximate surface area is 151 Å². The Morgan fingerprint density at radius 1 is 1.31 bits per heavy atom. The molecule has 0 aliphatic carbocycles. The van der Waals surface area contributed by atoms with Gasteiger partial charge in [0.15, 0.2) is 0 Å². The molecule has 1 fully saturated rings. The van der Waals surface area contributed by atoms with Crippen molar-refractivity contribution in [3.05, 3.63) is 56.4 Å². The number of rotatable bonds is 4.